The van der Waals surface area contributed by atoms with Crippen LogP contribution in [0.15, 0.2) is 24.3 Å². The molecule has 0 amide bonds. The first kappa shape index (κ1) is 17.6. The van der Waals surface area contributed by atoms with Gasteiger partial charge in [-0.05, 0) is 19.1 Å². The number of carbonyl (C=O) groups is 3. The summed E-state index contributed by atoms with van der Waals surface area (Å²) in [5, 5.41) is 16.2. The molecule has 0 bridgehead atoms. The van der Waals surface area contributed by atoms with E-state index in [0.717, 1.165) is 0 Å². The molecule has 0 atom stereocenters. The molecular weight excluding hydrogens is 272 g/mol. The van der Waals surface area contributed by atoms with Crippen molar-refractivity contribution in [3.63, 3.8) is 0 Å². The first-order valence-electron chi connectivity index (χ1n) is 5.41. The van der Waals surface area contributed by atoms with Gasteiger partial charge in [0.25, 0.3) is 0 Å². The highest BCUT2D eigenvalue weighted by atomic mass is 17.1. The van der Waals surface area contributed by atoms with E-state index in [1.54, 1.807) is 6.92 Å². The zero-order chi connectivity index (χ0) is 15.5. The van der Waals surface area contributed by atoms with Gasteiger partial charge in [0.05, 0.1) is 17.7 Å². The lowest BCUT2D eigenvalue weighted by atomic mass is 10.1. The zero-order valence-corrected chi connectivity index (χ0v) is 10.9. The molecule has 0 fully saturated rings. The van der Waals surface area contributed by atoms with E-state index in [1.807, 2.05) is 0 Å². The average Bonchev–Trinajstić information content (AvgIpc) is 2.46. The lowest BCUT2D eigenvalue weighted by Gasteiger charge is -2.02. The van der Waals surface area contributed by atoms with Crippen LogP contribution in [0.25, 0.3) is 0 Å². The third-order valence-corrected chi connectivity index (χ3v) is 1.88. The van der Waals surface area contributed by atoms with Gasteiger partial charge in [0.2, 0.25) is 0 Å². The first-order valence-corrected chi connectivity index (χ1v) is 5.41. The second-order valence-corrected chi connectivity index (χ2v) is 3.23. The van der Waals surface area contributed by atoms with Crippen molar-refractivity contribution in [1.29, 1.82) is 0 Å². The van der Waals surface area contributed by atoms with Gasteiger partial charge in [0.15, 0.2) is 0 Å². The third kappa shape index (κ3) is 5.94. The molecule has 0 aliphatic heterocycles. The largest absolute Gasteiger partial charge is 0.466 e. The number of carbonyl (C=O) groups excluding carboxylic acids is 3. The fourth-order valence-corrected chi connectivity index (χ4v) is 1.14. The Hall–Kier alpha value is -2.45. The fourth-order valence-electron chi connectivity index (χ4n) is 1.14. The molecule has 2 N–H and O–H groups in total. The van der Waals surface area contributed by atoms with Crippen molar-refractivity contribution in [3.8, 4) is 0 Å². The van der Waals surface area contributed by atoms with Gasteiger partial charge in [-0.2, -0.15) is 10.5 Å². The number of esters is 1. The molecule has 1 aromatic rings. The van der Waals surface area contributed by atoms with Crippen LogP contribution in [-0.2, 0) is 19.3 Å². The second kappa shape index (κ2) is 9.48. The van der Waals surface area contributed by atoms with Crippen LogP contribution in [0.3, 0.4) is 0 Å². The Morgan fingerprint density at radius 2 is 1.40 bits per heavy atom. The summed E-state index contributed by atoms with van der Waals surface area (Å²) in [5.74, 6) is -2.42. The summed E-state index contributed by atoms with van der Waals surface area (Å²) in [6.07, 6.45) is 0. The van der Waals surface area contributed by atoms with E-state index in [1.165, 1.54) is 31.2 Å². The van der Waals surface area contributed by atoms with E-state index < -0.39 is 11.9 Å². The Bertz CT molecular complexity index is 433. The predicted octanol–water partition coefficient (Wildman–Crippen LogP) is 1.52. The molecule has 110 valence electrons. The van der Waals surface area contributed by atoms with Gasteiger partial charge in [-0.15, -0.1) is 0 Å². The lowest BCUT2D eigenvalue weighted by Crippen LogP contribution is -2.11. The molecule has 0 aromatic heterocycles. The summed E-state index contributed by atoms with van der Waals surface area (Å²) in [4.78, 5) is 38.5. The maximum atomic E-state index is 10.9. The van der Waals surface area contributed by atoms with E-state index in [4.69, 9.17) is 10.5 Å². The van der Waals surface area contributed by atoms with Gasteiger partial charge in [-0.1, -0.05) is 12.1 Å². The number of ether oxygens (including phenoxy) is 1. The Balaban J connectivity index is 0.000000511. The van der Waals surface area contributed by atoms with Crippen LogP contribution in [0.4, 0.5) is 0 Å². The predicted molar refractivity (Wildman–Crippen MR) is 64.8 cm³/mol. The summed E-state index contributed by atoms with van der Waals surface area (Å²) in [6, 6.07) is 5.40. The molecule has 1 rings (SSSR count). The van der Waals surface area contributed by atoms with Gasteiger partial charge < -0.3 is 4.74 Å². The molecule has 0 aliphatic carbocycles. The Morgan fingerprint density at radius 1 is 1.00 bits per heavy atom. The van der Waals surface area contributed by atoms with Crippen LogP contribution in [0.2, 0.25) is 0 Å². The van der Waals surface area contributed by atoms with Crippen molar-refractivity contribution in [1.82, 2.24) is 0 Å². The monoisotopic (exact) mass is 286 g/mol. The Morgan fingerprint density at radius 3 is 1.60 bits per heavy atom. The van der Waals surface area contributed by atoms with Gasteiger partial charge in [0.1, 0.15) is 0 Å². The average molecular weight is 286 g/mol. The van der Waals surface area contributed by atoms with Gasteiger partial charge in [0, 0.05) is 6.92 Å². The minimum atomic E-state index is -1.11. The molecule has 0 radical (unpaired) electrons. The summed E-state index contributed by atoms with van der Waals surface area (Å²) < 4.78 is 4.40. The number of hydrogen-bond donors (Lipinski definition) is 2. The molecule has 0 saturated carbocycles. The molecule has 0 heterocycles. The molecule has 8 heteroatoms. The standard InChI is InChI=1S/C8H6O6.C4H8O2/c9-7(13-11)5-3-1-2-4-6(5)8(10)14-12;1-3-6-4(2)5/h1-4,11-12H;3H2,1-2H3. The van der Waals surface area contributed by atoms with E-state index in [-0.39, 0.29) is 17.1 Å². The third-order valence-electron chi connectivity index (χ3n) is 1.88. The van der Waals surface area contributed by atoms with Crippen molar-refractivity contribution in [2.45, 2.75) is 13.8 Å². The van der Waals surface area contributed by atoms with Gasteiger partial charge >= 0.3 is 17.9 Å². The lowest BCUT2D eigenvalue weighted by molar-refractivity contribution is -0.185. The van der Waals surface area contributed by atoms with Crippen molar-refractivity contribution < 1.29 is 39.4 Å². The summed E-state index contributed by atoms with van der Waals surface area (Å²) >= 11 is 0. The van der Waals surface area contributed by atoms with Crippen LogP contribution in [0.5, 0.6) is 0 Å². The van der Waals surface area contributed by atoms with Crippen LogP contribution in [-0.4, -0.2) is 35.0 Å². The van der Waals surface area contributed by atoms with E-state index >= 15 is 0 Å². The highest BCUT2D eigenvalue weighted by Gasteiger charge is 2.18. The Kier molecular flexibility index (Phi) is 8.32. The van der Waals surface area contributed by atoms with Crippen molar-refractivity contribution in [2.75, 3.05) is 6.61 Å². The first-order chi connectivity index (χ1) is 9.47. The van der Waals surface area contributed by atoms with Crippen LogP contribution in [0, 0.1) is 0 Å². The fraction of sp³-hybridized carbons (Fsp3) is 0.250. The van der Waals surface area contributed by atoms with Crippen LogP contribution >= 0.6 is 0 Å². The van der Waals surface area contributed by atoms with Crippen LogP contribution in [0.1, 0.15) is 34.6 Å². The highest BCUT2D eigenvalue weighted by molar-refractivity contribution is 6.02. The quantitative estimate of drug-likeness (QED) is 0.371. The zero-order valence-electron chi connectivity index (χ0n) is 10.9. The molecule has 0 unspecified atom stereocenters. The van der Waals surface area contributed by atoms with E-state index in [9.17, 15) is 14.4 Å². The van der Waals surface area contributed by atoms with E-state index in [2.05, 4.69) is 14.5 Å². The summed E-state index contributed by atoms with van der Waals surface area (Å²) in [7, 11) is 0. The molecule has 8 nitrogen and oxygen atoms in total. The molecular formula is C12H14O8. The van der Waals surface area contributed by atoms with Crippen molar-refractivity contribution in [3.05, 3.63) is 35.4 Å². The minimum Gasteiger partial charge on any atom is -0.466 e. The van der Waals surface area contributed by atoms with Gasteiger partial charge in [-0.25, -0.2) is 9.59 Å². The molecule has 20 heavy (non-hydrogen) atoms. The van der Waals surface area contributed by atoms with Crippen molar-refractivity contribution in [2.24, 2.45) is 0 Å². The molecule has 0 aliphatic rings. The number of rotatable bonds is 3. The molecule has 1 aromatic carbocycles. The topological polar surface area (TPSA) is 119 Å². The summed E-state index contributed by atoms with van der Waals surface area (Å²) in [5.41, 5.74) is -0.400. The van der Waals surface area contributed by atoms with Gasteiger partial charge in [-0.3, -0.25) is 14.6 Å². The number of benzene rings is 1. The SMILES string of the molecule is CCOC(C)=O.O=C(OO)c1ccccc1C(=O)OO. The highest BCUT2D eigenvalue weighted by Crippen LogP contribution is 2.10. The van der Waals surface area contributed by atoms with Crippen molar-refractivity contribution >= 4 is 17.9 Å². The van der Waals surface area contributed by atoms with E-state index in [0.29, 0.717) is 6.61 Å². The maximum Gasteiger partial charge on any atom is 0.373 e. The molecule has 0 spiro atoms. The summed E-state index contributed by atoms with van der Waals surface area (Å²) in [6.45, 7) is 3.65. The Labute approximate surface area is 114 Å². The normalized spacial score (nSPS) is 8.80. The maximum absolute atomic E-state index is 10.9. The van der Waals surface area contributed by atoms with Crippen LogP contribution < -0.4 is 0 Å². The second-order valence-electron chi connectivity index (χ2n) is 3.23. The smallest absolute Gasteiger partial charge is 0.373 e. The minimum absolute atomic E-state index is 0.200. The molecule has 0 saturated heterocycles. The number of hydrogen-bond acceptors (Lipinski definition) is 8.